The molecule has 0 saturated carbocycles. The van der Waals surface area contributed by atoms with Gasteiger partial charge in [-0.25, -0.2) is 14.3 Å². The molecule has 4 atom stereocenters. The minimum absolute atomic E-state index is 0.109. The van der Waals surface area contributed by atoms with Gasteiger partial charge in [0.2, 0.25) is 11.4 Å². The third-order valence-corrected chi connectivity index (χ3v) is 6.85. The highest BCUT2D eigenvalue weighted by atomic mass is 16.7. The summed E-state index contributed by atoms with van der Waals surface area (Å²) in [4.78, 5) is 54.7. The molecule has 4 heterocycles. The zero-order valence-corrected chi connectivity index (χ0v) is 23.2. The number of hydrogen-bond donors (Lipinski definition) is 1. The zero-order chi connectivity index (χ0) is 30.2. The number of ketones is 1. The standard InChI is InChI=1S/C26H31N5O10/c1-24(2)8-18(33)38-20-15(10-37-23(35)41-25(3,4)17(32)11-36-5)40-26(12-27,21(20)39-19(34)9-24)16-7-6-14-22(28)29-13-30-31(14)16/h6-7,13,15,20-21H,8-11H2,1-5H3,(H2,28,29,30)/t15-,20-,21-,26+/m1/s1. The molecule has 15 heteroatoms. The number of nitrogens with zero attached hydrogens (tertiary/aromatic N) is 4. The minimum Gasteiger partial charge on any atom is -0.455 e. The number of carbonyl (C=O) groups excluding carboxylic acids is 4. The van der Waals surface area contributed by atoms with Gasteiger partial charge in [-0.3, -0.25) is 14.4 Å². The summed E-state index contributed by atoms with van der Waals surface area (Å²) in [5.41, 5.74) is 1.97. The lowest BCUT2D eigenvalue weighted by molar-refractivity contribution is -0.166. The maximum atomic E-state index is 13.0. The molecule has 0 aliphatic carbocycles. The van der Waals surface area contributed by atoms with Crippen LogP contribution in [0.4, 0.5) is 10.6 Å². The molecule has 2 aliphatic rings. The summed E-state index contributed by atoms with van der Waals surface area (Å²) in [5, 5.41) is 14.7. The van der Waals surface area contributed by atoms with Crippen LogP contribution >= 0.6 is 0 Å². The van der Waals surface area contributed by atoms with Crippen molar-refractivity contribution in [2.45, 2.75) is 70.1 Å². The van der Waals surface area contributed by atoms with Crippen molar-refractivity contribution in [2.75, 3.05) is 26.1 Å². The van der Waals surface area contributed by atoms with E-state index < -0.39 is 65.4 Å². The van der Waals surface area contributed by atoms with Gasteiger partial charge in [0.05, 0.1) is 18.5 Å². The van der Waals surface area contributed by atoms with Crippen molar-refractivity contribution in [3.8, 4) is 6.07 Å². The monoisotopic (exact) mass is 573 g/mol. The normalized spacial score (nSPS) is 26.0. The summed E-state index contributed by atoms with van der Waals surface area (Å²) < 4.78 is 34.2. The van der Waals surface area contributed by atoms with Crippen molar-refractivity contribution in [3.63, 3.8) is 0 Å². The number of nitrogens with two attached hydrogens (primary N) is 1. The van der Waals surface area contributed by atoms with Crippen LogP contribution in [0.1, 0.15) is 46.2 Å². The topological polar surface area (TPSA) is 204 Å². The number of carbonyl (C=O) groups is 4. The average molecular weight is 574 g/mol. The highest BCUT2D eigenvalue weighted by Gasteiger charge is 2.63. The number of anilines is 1. The van der Waals surface area contributed by atoms with Crippen molar-refractivity contribution in [1.82, 2.24) is 14.6 Å². The molecule has 2 aromatic heterocycles. The van der Waals surface area contributed by atoms with Crippen LogP contribution in [0.3, 0.4) is 0 Å². The van der Waals surface area contributed by atoms with Gasteiger partial charge in [0.25, 0.3) is 0 Å². The van der Waals surface area contributed by atoms with Gasteiger partial charge in [-0.15, -0.1) is 0 Å². The van der Waals surface area contributed by atoms with E-state index in [0.29, 0.717) is 5.52 Å². The van der Waals surface area contributed by atoms with Gasteiger partial charge in [-0.2, -0.15) is 10.4 Å². The second-order valence-electron chi connectivity index (χ2n) is 11.1. The number of Topliss-reactive ketones (excluding diaryl/α,β-unsaturated/α-hetero) is 1. The molecule has 0 radical (unpaired) electrons. The van der Waals surface area contributed by atoms with E-state index in [9.17, 15) is 24.4 Å². The lowest BCUT2D eigenvalue weighted by Gasteiger charge is -2.28. The van der Waals surface area contributed by atoms with Crippen LogP contribution in [0, 0.1) is 16.7 Å². The summed E-state index contributed by atoms with van der Waals surface area (Å²) in [5.74, 6) is -1.77. The van der Waals surface area contributed by atoms with Gasteiger partial charge < -0.3 is 34.2 Å². The first-order valence-electron chi connectivity index (χ1n) is 12.7. The summed E-state index contributed by atoms with van der Waals surface area (Å²) in [7, 11) is 1.32. The van der Waals surface area contributed by atoms with E-state index in [4.69, 9.17) is 34.2 Å². The Bertz CT molecular complexity index is 1410. The Balaban J connectivity index is 1.71. The molecule has 0 amide bonds. The highest BCUT2D eigenvalue weighted by Crippen LogP contribution is 2.45. The van der Waals surface area contributed by atoms with Crippen molar-refractivity contribution in [1.29, 1.82) is 5.26 Å². The Morgan fingerprint density at radius 3 is 2.56 bits per heavy atom. The maximum absolute atomic E-state index is 13.0. The molecule has 2 aliphatic heterocycles. The van der Waals surface area contributed by atoms with Gasteiger partial charge in [0.15, 0.2) is 23.6 Å². The number of hydrogen-bond acceptors (Lipinski definition) is 14. The summed E-state index contributed by atoms with van der Waals surface area (Å²) in [6, 6.07) is 5.10. The predicted octanol–water partition coefficient (Wildman–Crippen LogP) is 1.22. The average Bonchev–Trinajstić information content (AvgIpc) is 3.43. The lowest BCUT2D eigenvalue weighted by Crippen LogP contribution is -2.46. The van der Waals surface area contributed by atoms with Crippen LogP contribution in [-0.2, 0) is 48.4 Å². The fourth-order valence-electron chi connectivity index (χ4n) is 4.77. The molecule has 220 valence electrons. The van der Waals surface area contributed by atoms with Gasteiger partial charge in [0.1, 0.15) is 37.2 Å². The zero-order valence-electron chi connectivity index (χ0n) is 23.2. The number of fused-ring (bicyclic) bond motifs is 2. The van der Waals surface area contributed by atoms with Crippen molar-refractivity contribution >= 4 is 35.2 Å². The van der Waals surface area contributed by atoms with E-state index in [1.165, 1.54) is 37.9 Å². The molecule has 2 saturated heterocycles. The molecule has 2 fully saturated rings. The van der Waals surface area contributed by atoms with Crippen molar-refractivity contribution in [3.05, 3.63) is 24.2 Å². The lowest BCUT2D eigenvalue weighted by atomic mass is 9.86. The third-order valence-electron chi connectivity index (χ3n) is 6.85. The van der Waals surface area contributed by atoms with Crippen LogP contribution < -0.4 is 5.73 Å². The predicted molar refractivity (Wildman–Crippen MR) is 136 cm³/mol. The fraction of sp³-hybridized carbons (Fsp3) is 0.577. The van der Waals surface area contributed by atoms with Crippen LogP contribution in [-0.4, -0.2) is 82.7 Å². The molecule has 15 nitrogen and oxygen atoms in total. The molecule has 0 aromatic carbocycles. The Morgan fingerprint density at radius 2 is 1.90 bits per heavy atom. The van der Waals surface area contributed by atoms with E-state index in [2.05, 4.69) is 16.2 Å². The number of methoxy groups -OCH3 is 1. The number of ether oxygens (including phenoxy) is 6. The van der Waals surface area contributed by atoms with E-state index in [0.717, 1.165) is 0 Å². The second-order valence-corrected chi connectivity index (χ2v) is 11.1. The molecule has 0 unspecified atom stereocenters. The summed E-state index contributed by atoms with van der Waals surface area (Å²) >= 11 is 0. The van der Waals surface area contributed by atoms with Crippen molar-refractivity contribution in [2.24, 2.45) is 5.41 Å². The summed E-state index contributed by atoms with van der Waals surface area (Å²) in [6.45, 7) is 5.25. The van der Waals surface area contributed by atoms with Crippen molar-refractivity contribution < 1.29 is 47.6 Å². The number of rotatable bonds is 7. The molecule has 2 aromatic rings. The number of nitriles is 1. The SMILES string of the molecule is COCC(=O)C(C)(C)OC(=O)OC[C@H]1O[C@@](C#N)(c2ccc3c(N)ncnn23)[C@@H]2OC(=O)CC(C)(C)CC(=O)O[C@@H]21. The molecule has 2 N–H and O–H groups in total. The van der Waals surface area contributed by atoms with Crippen LogP contribution in [0.15, 0.2) is 18.5 Å². The molecule has 4 rings (SSSR count). The Hall–Kier alpha value is -4.29. The Morgan fingerprint density at radius 1 is 1.22 bits per heavy atom. The first-order valence-corrected chi connectivity index (χ1v) is 12.7. The first-order chi connectivity index (χ1) is 19.2. The largest absolute Gasteiger partial charge is 0.509 e. The first kappa shape index (κ1) is 29.7. The molecular weight excluding hydrogens is 542 g/mol. The van der Waals surface area contributed by atoms with Crippen LogP contribution in [0.2, 0.25) is 0 Å². The number of esters is 2. The molecule has 41 heavy (non-hydrogen) atoms. The van der Waals surface area contributed by atoms with Crippen LogP contribution in [0.25, 0.3) is 5.52 Å². The van der Waals surface area contributed by atoms with Gasteiger partial charge >= 0.3 is 18.1 Å². The van der Waals surface area contributed by atoms with E-state index in [1.807, 2.05) is 0 Å². The van der Waals surface area contributed by atoms with E-state index in [-0.39, 0.29) is 31.0 Å². The van der Waals surface area contributed by atoms with Gasteiger partial charge in [0, 0.05) is 7.11 Å². The number of aromatic nitrogens is 3. The number of nitrogen functional groups attached to an aromatic ring is 1. The molecular formula is C26H31N5O10. The van der Waals surface area contributed by atoms with Crippen LogP contribution in [0.5, 0.6) is 0 Å². The van der Waals surface area contributed by atoms with E-state index >= 15 is 0 Å². The maximum Gasteiger partial charge on any atom is 0.509 e. The smallest absolute Gasteiger partial charge is 0.455 e. The fourth-order valence-corrected chi connectivity index (χ4v) is 4.77. The molecule has 0 bridgehead atoms. The Labute approximate surface area is 234 Å². The quantitative estimate of drug-likeness (QED) is 0.365. The van der Waals surface area contributed by atoms with Gasteiger partial charge in [-0.05, 0) is 31.4 Å². The van der Waals surface area contributed by atoms with E-state index in [1.54, 1.807) is 19.9 Å². The summed E-state index contributed by atoms with van der Waals surface area (Å²) in [6.07, 6.45) is -4.49. The van der Waals surface area contributed by atoms with Gasteiger partial charge in [-0.1, -0.05) is 13.8 Å². The second kappa shape index (κ2) is 10.9. The molecule has 0 spiro atoms. The Kier molecular flexibility index (Phi) is 7.92. The minimum atomic E-state index is -2.08. The third kappa shape index (κ3) is 5.79. The highest BCUT2D eigenvalue weighted by molar-refractivity contribution is 5.89.